The number of ether oxygens (including phenoxy) is 1. The van der Waals surface area contributed by atoms with Crippen molar-refractivity contribution >= 4 is 17.6 Å². The number of carbonyl (C=O) groups excluding carboxylic acids is 2. The smallest absolute Gasteiger partial charge is 0.229 e. The van der Waals surface area contributed by atoms with Crippen LogP contribution in [0.2, 0.25) is 0 Å². The zero-order chi connectivity index (χ0) is 14.1. The minimum atomic E-state index is -0.294. The molecule has 0 aliphatic carbocycles. The Hall–Kier alpha value is -1.89. The van der Waals surface area contributed by atoms with Gasteiger partial charge >= 0.3 is 0 Å². The highest BCUT2D eigenvalue weighted by Gasteiger charge is 2.38. The molecule has 7 nitrogen and oxygen atoms in total. The van der Waals surface area contributed by atoms with Crippen LogP contribution in [0.5, 0.6) is 0 Å². The average molecular weight is 279 g/mol. The minimum Gasteiger partial charge on any atom is -0.378 e. The Balaban J connectivity index is 1.68. The first kappa shape index (κ1) is 13.1. The monoisotopic (exact) mass is 279 g/mol. The van der Waals surface area contributed by atoms with Crippen molar-refractivity contribution in [2.45, 2.75) is 13.3 Å². The van der Waals surface area contributed by atoms with Gasteiger partial charge in [-0.1, -0.05) is 5.16 Å². The van der Waals surface area contributed by atoms with Crippen LogP contribution in [0, 0.1) is 12.8 Å². The number of nitrogens with zero attached hydrogens (tertiary/aromatic N) is 3. The standard InChI is InChI=1S/C13H17N3O4/c1-9-6-11(14-20-9)16-8-10(7-12(16)17)13(18)15-2-4-19-5-3-15/h6,10H,2-5,7-8H2,1H3. The van der Waals surface area contributed by atoms with E-state index in [9.17, 15) is 9.59 Å². The largest absolute Gasteiger partial charge is 0.378 e. The lowest BCUT2D eigenvalue weighted by Gasteiger charge is -2.28. The molecule has 0 saturated carbocycles. The number of rotatable bonds is 2. The summed E-state index contributed by atoms with van der Waals surface area (Å²) in [6.07, 6.45) is 0.238. The molecule has 2 amide bonds. The fraction of sp³-hybridized carbons (Fsp3) is 0.615. The van der Waals surface area contributed by atoms with E-state index in [1.54, 1.807) is 17.9 Å². The van der Waals surface area contributed by atoms with Crippen molar-refractivity contribution in [2.24, 2.45) is 5.92 Å². The van der Waals surface area contributed by atoms with Gasteiger partial charge in [-0.25, -0.2) is 0 Å². The van der Waals surface area contributed by atoms with Gasteiger partial charge < -0.3 is 14.2 Å². The molecule has 0 spiro atoms. The molecule has 0 N–H and O–H groups in total. The van der Waals surface area contributed by atoms with Gasteiger partial charge in [0.15, 0.2) is 5.82 Å². The zero-order valence-electron chi connectivity index (χ0n) is 11.4. The highest BCUT2D eigenvalue weighted by Crippen LogP contribution is 2.26. The van der Waals surface area contributed by atoms with E-state index in [1.165, 1.54) is 4.90 Å². The molecule has 2 saturated heterocycles. The molecule has 108 valence electrons. The number of hydrogen-bond donors (Lipinski definition) is 0. The molecule has 7 heteroatoms. The first-order chi connectivity index (χ1) is 9.65. The van der Waals surface area contributed by atoms with Crippen molar-refractivity contribution in [3.63, 3.8) is 0 Å². The molecule has 1 unspecified atom stereocenters. The Labute approximate surface area is 116 Å². The topological polar surface area (TPSA) is 75.9 Å². The van der Waals surface area contributed by atoms with Gasteiger partial charge in [-0.15, -0.1) is 0 Å². The molecule has 0 bridgehead atoms. The predicted molar refractivity (Wildman–Crippen MR) is 69.1 cm³/mol. The summed E-state index contributed by atoms with van der Waals surface area (Å²) in [5, 5.41) is 3.84. The number of amides is 2. The number of morpholine rings is 1. The molecule has 3 rings (SSSR count). The van der Waals surface area contributed by atoms with Crippen LogP contribution < -0.4 is 4.90 Å². The summed E-state index contributed by atoms with van der Waals surface area (Å²) in [5.74, 6) is 0.799. The van der Waals surface area contributed by atoms with Gasteiger partial charge in [-0.2, -0.15) is 0 Å². The predicted octanol–water partition coefficient (Wildman–Crippen LogP) is 0.195. The second kappa shape index (κ2) is 5.24. The van der Waals surface area contributed by atoms with Crippen molar-refractivity contribution in [2.75, 3.05) is 37.7 Å². The number of hydrogen-bond acceptors (Lipinski definition) is 5. The van der Waals surface area contributed by atoms with Gasteiger partial charge in [-0.3, -0.25) is 14.5 Å². The van der Waals surface area contributed by atoms with Crippen molar-refractivity contribution in [3.8, 4) is 0 Å². The molecule has 3 heterocycles. The van der Waals surface area contributed by atoms with Gasteiger partial charge in [0.1, 0.15) is 5.76 Å². The molecule has 20 heavy (non-hydrogen) atoms. The van der Waals surface area contributed by atoms with Crippen molar-refractivity contribution in [3.05, 3.63) is 11.8 Å². The minimum absolute atomic E-state index is 0.0318. The fourth-order valence-corrected chi connectivity index (χ4v) is 2.62. The number of aromatic nitrogens is 1. The lowest BCUT2D eigenvalue weighted by Crippen LogP contribution is -2.44. The normalized spacial score (nSPS) is 23.4. The van der Waals surface area contributed by atoms with Crippen LogP contribution in [0.4, 0.5) is 5.82 Å². The third kappa shape index (κ3) is 2.40. The van der Waals surface area contributed by atoms with E-state index in [4.69, 9.17) is 9.26 Å². The highest BCUT2D eigenvalue weighted by atomic mass is 16.5. The fourth-order valence-electron chi connectivity index (χ4n) is 2.62. The van der Waals surface area contributed by atoms with Gasteiger partial charge in [0.25, 0.3) is 0 Å². The SMILES string of the molecule is Cc1cc(N2CC(C(=O)N3CCOCC3)CC2=O)no1. The maximum atomic E-state index is 12.4. The third-order valence-electron chi connectivity index (χ3n) is 3.69. The molecule has 1 aromatic rings. The Morgan fingerprint density at radius 2 is 2.15 bits per heavy atom. The highest BCUT2D eigenvalue weighted by molar-refractivity contribution is 5.99. The van der Waals surface area contributed by atoms with Crippen LogP contribution in [0.15, 0.2) is 10.6 Å². The Kier molecular flexibility index (Phi) is 3.43. The van der Waals surface area contributed by atoms with Gasteiger partial charge in [0.05, 0.1) is 19.1 Å². The summed E-state index contributed by atoms with van der Waals surface area (Å²) in [6, 6.07) is 1.71. The second-order valence-corrected chi connectivity index (χ2v) is 5.14. The van der Waals surface area contributed by atoms with Crippen molar-refractivity contribution in [1.29, 1.82) is 0 Å². The van der Waals surface area contributed by atoms with Crippen LogP contribution in [0.1, 0.15) is 12.2 Å². The van der Waals surface area contributed by atoms with E-state index in [0.29, 0.717) is 44.4 Å². The molecular weight excluding hydrogens is 262 g/mol. The average Bonchev–Trinajstić information content (AvgIpc) is 3.05. The van der Waals surface area contributed by atoms with E-state index < -0.39 is 0 Å². The zero-order valence-corrected chi connectivity index (χ0v) is 11.4. The number of anilines is 1. The molecule has 2 aliphatic rings. The quantitative estimate of drug-likeness (QED) is 0.772. The summed E-state index contributed by atoms with van der Waals surface area (Å²) in [4.78, 5) is 27.7. The molecular formula is C13H17N3O4. The lowest BCUT2D eigenvalue weighted by atomic mass is 10.1. The molecule has 0 radical (unpaired) electrons. The number of carbonyl (C=O) groups is 2. The maximum absolute atomic E-state index is 12.4. The first-order valence-electron chi connectivity index (χ1n) is 6.75. The Morgan fingerprint density at radius 1 is 1.40 bits per heavy atom. The lowest BCUT2D eigenvalue weighted by molar-refractivity contribution is -0.139. The molecule has 2 aliphatic heterocycles. The van der Waals surface area contributed by atoms with Crippen molar-refractivity contribution < 1.29 is 18.8 Å². The summed E-state index contributed by atoms with van der Waals surface area (Å²) in [7, 11) is 0. The van der Waals surface area contributed by atoms with Crippen LogP contribution in [-0.4, -0.2) is 54.7 Å². The summed E-state index contributed by atoms with van der Waals surface area (Å²) < 4.78 is 10.2. The van der Waals surface area contributed by atoms with E-state index in [0.717, 1.165) is 0 Å². The Bertz CT molecular complexity index is 521. The molecule has 1 atom stereocenters. The van der Waals surface area contributed by atoms with Crippen LogP contribution in [0.3, 0.4) is 0 Å². The van der Waals surface area contributed by atoms with Crippen LogP contribution >= 0.6 is 0 Å². The summed E-state index contributed by atoms with van der Waals surface area (Å²) >= 11 is 0. The van der Waals surface area contributed by atoms with Gasteiger partial charge in [-0.05, 0) is 6.92 Å². The molecule has 0 aromatic carbocycles. The van der Waals surface area contributed by atoms with E-state index in [-0.39, 0.29) is 24.2 Å². The first-order valence-corrected chi connectivity index (χ1v) is 6.75. The third-order valence-corrected chi connectivity index (χ3v) is 3.69. The summed E-state index contributed by atoms with van der Waals surface area (Å²) in [5.41, 5.74) is 0. The summed E-state index contributed by atoms with van der Waals surface area (Å²) in [6.45, 7) is 4.49. The van der Waals surface area contributed by atoms with Gasteiger partial charge in [0, 0.05) is 32.1 Å². The van der Waals surface area contributed by atoms with Crippen molar-refractivity contribution in [1.82, 2.24) is 10.1 Å². The maximum Gasteiger partial charge on any atom is 0.229 e. The van der Waals surface area contributed by atoms with Gasteiger partial charge in [0.2, 0.25) is 11.8 Å². The van der Waals surface area contributed by atoms with E-state index in [1.807, 2.05) is 0 Å². The Morgan fingerprint density at radius 3 is 2.80 bits per heavy atom. The van der Waals surface area contributed by atoms with E-state index in [2.05, 4.69) is 5.16 Å². The number of aryl methyl sites for hydroxylation is 1. The van der Waals surface area contributed by atoms with Crippen LogP contribution in [-0.2, 0) is 14.3 Å². The molecule has 2 fully saturated rings. The van der Waals surface area contributed by atoms with E-state index >= 15 is 0 Å². The van der Waals surface area contributed by atoms with Crippen LogP contribution in [0.25, 0.3) is 0 Å². The second-order valence-electron chi connectivity index (χ2n) is 5.14. The molecule has 1 aromatic heterocycles.